The number of nitrogens with zero attached hydrogens (tertiary/aromatic N) is 1. The van der Waals surface area contributed by atoms with E-state index in [4.69, 9.17) is 0 Å². The molecule has 1 aliphatic heterocycles. The topological polar surface area (TPSA) is 20.3 Å². The van der Waals surface area contributed by atoms with Gasteiger partial charge in [0.05, 0.1) is 8.96 Å². The molecule has 0 amide bonds. The van der Waals surface area contributed by atoms with Crippen LogP contribution in [0, 0.1) is 0 Å². The van der Waals surface area contributed by atoms with E-state index in [1.807, 2.05) is 30.4 Å². The van der Waals surface area contributed by atoms with Gasteiger partial charge < -0.3 is 4.90 Å². The molecule has 4 heteroatoms. The lowest BCUT2D eigenvalue weighted by Gasteiger charge is -2.18. The fourth-order valence-corrected chi connectivity index (χ4v) is 4.74. The number of Topliss-reactive ketones (excluding diaryl/α,β-unsaturated/α-hetero) is 1. The van der Waals surface area contributed by atoms with Gasteiger partial charge in [-0.3, -0.25) is 4.79 Å². The Kier molecular flexibility index (Phi) is 12.9. The standard InChI is InChI=1S/C27H35Br2NO/c1-2-3-4-5-6-7-8-9-10-13-18-30-19-16-23(17-20-30)14-11-12-15-24-21-25(28)27(31)26(29)22-24/h11-12,14-17,19-22H,2-10,13,18H2,1H3/b12-11+. The molecule has 0 N–H and O–H groups in total. The van der Waals surface area contributed by atoms with E-state index in [2.05, 4.69) is 74.3 Å². The molecule has 0 saturated carbocycles. The average Bonchev–Trinajstić information content (AvgIpc) is 2.77. The lowest BCUT2D eigenvalue weighted by atomic mass is 10.1. The van der Waals surface area contributed by atoms with E-state index in [9.17, 15) is 4.79 Å². The average molecular weight is 549 g/mol. The van der Waals surface area contributed by atoms with Crippen molar-refractivity contribution in [2.24, 2.45) is 0 Å². The summed E-state index contributed by atoms with van der Waals surface area (Å²) in [6.07, 6.45) is 34.1. The number of rotatable bonds is 13. The Bertz CT molecular complexity index is 756. The number of carbonyl (C=O) groups excluding carboxylic acids is 1. The summed E-state index contributed by atoms with van der Waals surface area (Å²) in [5.74, 6) is -0.0249. The van der Waals surface area contributed by atoms with Gasteiger partial charge in [0.1, 0.15) is 0 Å². The monoisotopic (exact) mass is 547 g/mol. The molecule has 1 aliphatic carbocycles. The highest BCUT2D eigenvalue weighted by Gasteiger charge is 2.15. The normalized spacial score (nSPS) is 16.2. The number of carbonyl (C=O) groups is 1. The Morgan fingerprint density at radius 1 is 0.742 bits per heavy atom. The predicted molar refractivity (Wildman–Crippen MR) is 141 cm³/mol. The molecule has 168 valence electrons. The van der Waals surface area contributed by atoms with Crippen molar-refractivity contribution in [2.45, 2.75) is 71.1 Å². The second-order valence-electron chi connectivity index (χ2n) is 8.08. The minimum absolute atomic E-state index is 0.0249. The van der Waals surface area contributed by atoms with Gasteiger partial charge >= 0.3 is 0 Å². The van der Waals surface area contributed by atoms with E-state index in [0.29, 0.717) is 8.96 Å². The lowest BCUT2D eigenvalue weighted by Crippen LogP contribution is -2.13. The molecule has 2 rings (SSSR count). The summed E-state index contributed by atoms with van der Waals surface area (Å²) in [5, 5.41) is 0. The summed E-state index contributed by atoms with van der Waals surface area (Å²) >= 11 is 6.59. The molecule has 0 bridgehead atoms. The van der Waals surface area contributed by atoms with E-state index in [1.54, 1.807) is 0 Å². The van der Waals surface area contributed by atoms with E-state index >= 15 is 0 Å². The van der Waals surface area contributed by atoms with Crippen molar-refractivity contribution in [1.82, 2.24) is 4.90 Å². The third-order valence-electron chi connectivity index (χ3n) is 5.40. The first-order valence-electron chi connectivity index (χ1n) is 11.6. The molecular weight excluding hydrogens is 514 g/mol. The van der Waals surface area contributed by atoms with Crippen LogP contribution in [0.1, 0.15) is 71.1 Å². The van der Waals surface area contributed by atoms with Gasteiger partial charge in [0.25, 0.3) is 0 Å². The predicted octanol–water partition coefficient (Wildman–Crippen LogP) is 8.80. The Balaban J connectivity index is 1.61. The SMILES string of the molecule is CCCCCCCCCCCCN1C=CC(=C/C=C/C=C2C=C(Br)C(=O)C(Br)=C2)C=C1. The molecule has 0 spiro atoms. The van der Waals surface area contributed by atoms with Gasteiger partial charge in [-0.15, -0.1) is 0 Å². The Labute approximate surface area is 205 Å². The smallest absolute Gasteiger partial charge is 0.206 e. The molecular formula is C27H35Br2NO. The molecule has 2 nitrogen and oxygen atoms in total. The third-order valence-corrected chi connectivity index (χ3v) is 6.57. The molecule has 2 aliphatic rings. The second kappa shape index (κ2) is 15.4. The fourth-order valence-electron chi connectivity index (χ4n) is 3.52. The molecule has 0 unspecified atom stereocenters. The Morgan fingerprint density at radius 3 is 1.77 bits per heavy atom. The quantitative estimate of drug-likeness (QED) is 0.214. The minimum Gasteiger partial charge on any atom is -0.354 e. The first kappa shape index (κ1) is 25.9. The van der Waals surface area contributed by atoms with Gasteiger partial charge in [0.15, 0.2) is 0 Å². The first-order chi connectivity index (χ1) is 15.1. The van der Waals surface area contributed by atoms with Gasteiger partial charge in [0, 0.05) is 18.9 Å². The number of ketones is 1. The molecule has 0 aromatic carbocycles. The summed E-state index contributed by atoms with van der Waals surface area (Å²) in [6.45, 7) is 3.37. The number of hydrogen-bond acceptors (Lipinski definition) is 2. The molecule has 0 aromatic heterocycles. The van der Waals surface area contributed by atoms with Crippen LogP contribution in [0.25, 0.3) is 0 Å². The van der Waals surface area contributed by atoms with Crippen LogP contribution in [0.5, 0.6) is 0 Å². The molecule has 1 heterocycles. The van der Waals surface area contributed by atoms with Crippen molar-refractivity contribution in [3.8, 4) is 0 Å². The van der Waals surface area contributed by atoms with Crippen LogP contribution >= 0.6 is 31.9 Å². The molecule has 0 saturated heterocycles. The van der Waals surface area contributed by atoms with Crippen LogP contribution in [0.15, 0.2) is 81.1 Å². The number of allylic oxidation sites excluding steroid dienone is 12. The second-order valence-corrected chi connectivity index (χ2v) is 9.79. The molecule has 0 atom stereocenters. The van der Waals surface area contributed by atoms with Gasteiger partial charge in [-0.2, -0.15) is 0 Å². The summed E-state index contributed by atoms with van der Waals surface area (Å²) in [5.41, 5.74) is 2.16. The van der Waals surface area contributed by atoms with Crippen molar-refractivity contribution in [1.29, 1.82) is 0 Å². The van der Waals surface area contributed by atoms with E-state index < -0.39 is 0 Å². The summed E-state index contributed by atoms with van der Waals surface area (Å²) in [4.78, 5) is 14.0. The van der Waals surface area contributed by atoms with E-state index in [-0.39, 0.29) is 5.78 Å². The Hall–Kier alpha value is -1.39. The minimum atomic E-state index is -0.0249. The van der Waals surface area contributed by atoms with Gasteiger partial charge in [-0.25, -0.2) is 0 Å². The van der Waals surface area contributed by atoms with Crippen molar-refractivity contribution in [2.75, 3.05) is 6.54 Å². The van der Waals surface area contributed by atoms with Crippen molar-refractivity contribution in [3.63, 3.8) is 0 Å². The highest BCUT2D eigenvalue weighted by atomic mass is 79.9. The van der Waals surface area contributed by atoms with Crippen molar-refractivity contribution >= 4 is 37.6 Å². The number of halogens is 2. The molecule has 0 radical (unpaired) electrons. The van der Waals surface area contributed by atoms with Gasteiger partial charge in [-0.05, 0) is 73.7 Å². The lowest BCUT2D eigenvalue weighted by molar-refractivity contribution is -0.110. The maximum absolute atomic E-state index is 11.7. The molecule has 0 aromatic rings. The zero-order valence-corrected chi connectivity index (χ0v) is 21.8. The summed E-state index contributed by atoms with van der Waals surface area (Å²) in [7, 11) is 0. The summed E-state index contributed by atoms with van der Waals surface area (Å²) in [6, 6.07) is 0. The highest BCUT2D eigenvalue weighted by molar-refractivity contribution is 9.13. The van der Waals surface area contributed by atoms with Crippen molar-refractivity contribution in [3.05, 3.63) is 81.1 Å². The van der Waals surface area contributed by atoms with E-state index in [0.717, 1.165) is 12.1 Å². The first-order valence-corrected chi connectivity index (χ1v) is 13.2. The maximum Gasteiger partial charge on any atom is 0.206 e. The van der Waals surface area contributed by atoms with Crippen LogP contribution in [-0.2, 0) is 4.79 Å². The van der Waals surface area contributed by atoms with Gasteiger partial charge in [0.2, 0.25) is 5.78 Å². The zero-order chi connectivity index (χ0) is 22.3. The zero-order valence-electron chi connectivity index (χ0n) is 18.7. The molecule has 31 heavy (non-hydrogen) atoms. The van der Waals surface area contributed by atoms with Crippen LogP contribution in [0.2, 0.25) is 0 Å². The fraction of sp³-hybridized carbons (Fsp3) is 0.444. The Morgan fingerprint density at radius 2 is 1.23 bits per heavy atom. The van der Waals surface area contributed by atoms with Crippen LogP contribution in [0.3, 0.4) is 0 Å². The van der Waals surface area contributed by atoms with E-state index in [1.165, 1.54) is 69.8 Å². The molecule has 0 fully saturated rings. The largest absolute Gasteiger partial charge is 0.354 e. The maximum atomic E-state index is 11.7. The highest BCUT2D eigenvalue weighted by Crippen LogP contribution is 2.26. The third kappa shape index (κ3) is 10.7. The van der Waals surface area contributed by atoms with Crippen molar-refractivity contribution < 1.29 is 4.79 Å². The van der Waals surface area contributed by atoms with Crippen LogP contribution in [-0.4, -0.2) is 17.2 Å². The number of hydrogen-bond donors (Lipinski definition) is 0. The van der Waals surface area contributed by atoms with Crippen LogP contribution in [0.4, 0.5) is 0 Å². The van der Waals surface area contributed by atoms with Gasteiger partial charge in [-0.1, -0.05) is 89.0 Å². The summed E-state index contributed by atoms with van der Waals surface area (Å²) < 4.78 is 1.14. The number of unbranched alkanes of at least 4 members (excludes halogenated alkanes) is 9. The van der Waals surface area contributed by atoms with Crippen LogP contribution < -0.4 is 0 Å².